The van der Waals surface area contributed by atoms with Gasteiger partial charge in [-0.05, 0) is 31.0 Å². The van der Waals surface area contributed by atoms with Crippen molar-refractivity contribution < 1.29 is 9.90 Å². The molecule has 0 spiro atoms. The maximum Gasteiger partial charge on any atom is 0.321 e. The van der Waals surface area contributed by atoms with Crippen molar-refractivity contribution in [3.8, 4) is 0 Å². The number of likely N-dealkylation sites (N-methyl/N-ethyl adjacent to an activating group) is 1. The molecule has 0 aliphatic carbocycles. The highest BCUT2D eigenvalue weighted by Crippen LogP contribution is 2.09. The molecule has 0 fully saturated rings. The van der Waals surface area contributed by atoms with Gasteiger partial charge in [0.2, 0.25) is 0 Å². The Morgan fingerprint density at radius 1 is 1.47 bits per heavy atom. The molecular formula is C12H17NO2. The van der Waals surface area contributed by atoms with E-state index in [9.17, 15) is 4.79 Å². The molecule has 0 aromatic heterocycles. The fourth-order valence-electron chi connectivity index (χ4n) is 1.55. The van der Waals surface area contributed by atoms with Crippen LogP contribution < -0.4 is 5.32 Å². The summed E-state index contributed by atoms with van der Waals surface area (Å²) in [6.45, 7) is 4.58. The van der Waals surface area contributed by atoms with Crippen molar-refractivity contribution >= 4 is 5.97 Å². The summed E-state index contributed by atoms with van der Waals surface area (Å²) in [6, 6.07) is 7.38. The normalized spacial score (nSPS) is 12.4. The number of hydrogen-bond acceptors (Lipinski definition) is 2. The number of hydrogen-bond donors (Lipinski definition) is 2. The van der Waals surface area contributed by atoms with Crippen molar-refractivity contribution in [1.82, 2.24) is 5.32 Å². The fourth-order valence-corrected chi connectivity index (χ4v) is 1.55. The van der Waals surface area contributed by atoms with Gasteiger partial charge < -0.3 is 10.4 Å². The minimum Gasteiger partial charge on any atom is -0.480 e. The standard InChI is InChI=1S/C12H17NO2/c1-3-13-11(12(14)15)8-10-7-5-4-6-9(10)2/h4-7,11,13H,3,8H2,1-2H3,(H,14,15)/t11-/m1/s1. The van der Waals surface area contributed by atoms with Crippen molar-refractivity contribution in [2.24, 2.45) is 0 Å². The van der Waals surface area contributed by atoms with Crippen LogP contribution in [0, 0.1) is 6.92 Å². The van der Waals surface area contributed by atoms with Gasteiger partial charge in [0.15, 0.2) is 0 Å². The summed E-state index contributed by atoms with van der Waals surface area (Å²) in [7, 11) is 0. The Balaban J connectivity index is 2.74. The molecule has 1 atom stereocenters. The quantitative estimate of drug-likeness (QED) is 0.771. The second-order valence-electron chi connectivity index (χ2n) is 3.58. The van der Waals surface area contributed by atoms with Crippen LogP contribution in [0.15, 0.2) is 24.3 Å². The summed E-state index contributed by atoms with van der Waals surface area (Å²) in [5.41, 5.74) is 2.23. The van der Waals surface area contributed by atoms with E-state index in [0.29, 0.717) is 13.0 Å². The van der Waals surface area contributed by atoms with Crippen LogP contribution in [0.1, 0.15) is 18.1 Å². The van der Waals surface area contributed by atoms with Crippen LogP contribution in [0.2, 0.25) is 0 Å². The number of rotatable bonds is 5. The number of benzene rings is 1. The first kappa shape index (κ1) is 11.7. The monoisotopic (exact) mass is 207 g/mol. The molecule has 0 radical (unpaired) electrons. The molecule has 0 unspecified atom stereocenters. The number of carboxylic acid groups (broad SMARTS) is 1. The highest BCUT2D eigenvalue weighted by Gasteiger charge is 2.16. The number of carboxylic acids is 1. The van der Waals surface area contributed by atoms with E-state index in [1.165, 1.54) is 0 Å². The Labute approximate surface area is 90.1 Å². The zero-order valence-corrected chi connectivity index (χ0v) is 9.16. The van der Waals surface area contributed by atoms with E-state index >= 15 is 0 Å². The lowest BCUT2D eigenvalue weighted by Gasteiger charge is -2.14. The van der Waals surface area contributed by atoms with Gasteiger partial charge in [-0.1, -0.05) is 31.2 Å². The average molecular weight is 207 g/mol. The van der Waals surface area contributed by atoms with Gasteiger partial charge in [-0.25, -0.2) is 0 Å². The maximum absolute atomic E-state index is 10.9. The third-order valence-corrected chi connectivity index (χ3v) is 2.43. The third kappa shape index (κ3) is 3.36. The van der Waals surface area contributed by atoms with E-state index in [0.717, 1.165) is 11.1 Å². The van der Waals surface area contributed by atoms with Gasteiger partial charge in [0.1, 0.15) is 6.04 Å². The summed E-state index contributed by atoms with van der Waals surface area (Å²) in [5, 5.41) is 12.0. The predicted molar refractivity (Wildman–Crippen MR) is 60.0 cm³/mol. The number of aliphatic carboxylic acids is 1. The summed E-state index contributed by atoms with van der Waals surface area (Å²) >= 11 is 0. The van der Waals surface area contributed by atoms with E-state index in [-0.39, 0.29) is 0 Å². The first-order valence-corrected chi connectivity index (χ1v) is 5.15. The molecule has 0 amide bonds. The molecule has 1 rings (SSSR count). The molecule has 15 heavy (non-hydrogen) atoms. The van der Waals surface area contributed by atoms with Crippen LogP contribution in [0.4, 0.5) is 0 Å². The molecule has 1 aromatic rings. The lowest BCUT2D eigenvalue weighted by Crippen LogP contribution is -2.38. The topological polar surface area (TPSA) is 49.3 Å². The van der Waals surface area contributed by atoms with Gasteiger partial charge >= 0.3 is 5.97 Å². The van der Waals surface area contributed by atoms with Crippen molar-refractivity contribution in [3.05, 3.63) is 35.4 Å². The van der Waals surface area contributed by atoms with Crippen LogP contribution >= 0.6 is 0 Å². The van der Waals surface area contributed by atoms with Gasteiger partial charge in [-0.2, -0.15) is 0 Å². The minimum atomic E-state index is -0.792. The Hall–Kier alpha value is -1.35. The smallest absolute Gasteiger partial charge is 0.321 e. The highest BCUT2D eigenvalue weighted by atomic mass is 16.4. The van der Waals surface area contributed by atoms with Crippen LogP contribution in [-0.4, -0.2) is 23.7 Å². The molecule has 0 aliphatic heterocycles. The van der Waals surface area contributed by atoms with Crippen LogP contribution in [0.25, 0.3) is 0 Å². The molecule has 1 aromatic carbocycles. The number of aryl methyl sites for hydroxylation is 1. The van der Waals surface area contributed by atoms with Crippen LogP contribution in [0.5, 0.6) is 0 Å². The van der Waals surface area contributed by atoms with E-state index in [4.69, 9.17) is 5.11 Å². The van der Waals surface area contributed by atoms with Crippen molar-refractivity contribution in [3.63, 3.8) is 0 Å². The maximum atomic E-state index is 10.9. The molecular weight excluding hydrogens is 190 g/mol. The molecule has 82 valence electrons. The van der Waals surface area contributed by atoms with Crippen molar-refractivity contribution in [2.45, 2.75) is 26.3 Å². The summed E-state index contributed by atoms with van der Waals surface area (Å²) in [4.78, 5) is 10.9. The van der Waals surface area contributed by atoms with Crippen LogP contribution in [0.3, 0.4) is 0 Å². The summed E-state index contributed by atoms with van der Waals surface area (Å²) in [6.07, 6.45) is 0.538. The van der Waals surface area contributed by atoms with E-state index in [1.54, 1.807) is 0 Å². The molecule has 3 heteroatoms. The Kier molecular flexibility index (Phi) is 4.31. The minimum absolute atomic E-state index is 0.490. The van der Waals surface area contributed by atoms with Gasteiger partial charge in [-0.15, -0.1) is 0 Å². The van der Waals surface area contributed by atoms with Gasteiger partial charge in [0.05, 0.1) is 0 Å². The molecule has 3 nitrogen and oxygen atoms in total. The van der Waals surface area contributed by atoms with Gasteiger partial charge in [0, 0.05) is 0 Å². The Morgan fingerprint density at radius 2 is 2.13 bits per heavy atom. The zero-order valence-electron chi connectivity index (χ0n) is 9.16. The molecule has 2 N–H and O–H groups in total. The lowest BCUT2D eigenvalue weighted by atomic mass is 10.0. The second-order valence-corrected chi connectivity index (χ2v) is 3.58. The SMILES string of the molecule is CCN[C@H](Cc1ccccc1C)C(=O)O. The van der Waals surface area contributed by atoms with Crippen molar-refractivity contribution in [2.75, 3.05) is 6.54 Å². The largest absolute Gasteiger partial charge is 0.480 e. The molecule has 0 saturated heterocycles. The second kappa shape index (κ2) is 5.51. The first-order chi connectivity index (χ1) is 7.15. The molecule has 0 bridgehead atoms. The first-order valence-electron chi connectivity index (χ1n) is 5.15. The van der Waals surface area contributed by atoms with Crippen LogP contribution in [-0.2, 0) is 11.2 Å². The Bertz CT molecular complexity index is 336. The van der Waals surface area contributed by atoms with Gasteiger partial charge in [0.25, 0.3) is 0 Å². The Morgan fingerprint density at radius 3 is 2.67 bits per heavy atom. The molecule has 0 aliphatic rings. The van der Waals surface area contributed by atoms with Gasteiger partial charge in [-0.3, -0.25) is 4.79 Å². The highest BCUT2D eigenvalue weighted by molar-refractivity contribution is 5.74. The molecule has 0 heterocycles. The van der Waals surface area contributed by atoms with E-state index in [2.05, 4.69) is 5.32 Å². The molecule has 0 saturated carbocycles. The van der Waals surface area contributed by atoms with E-state index < -0.39 is 12.0 Å². The fraction of sp³-hybridized carbons (Fsp3) is 0.417. The lowest BCUT2D eigenvalue weighted by molar-refractivity contribution is -0.139. The number of nitrogens with one attached hydrogen (secondary N) is 1. The predicted octanol–water partition coefficient (Wildman–Crippen LogP) is 1.60. The number of carbonyl (C=O) groups is 1. The third-order valence-electron chi connectivity index (χ3n) is 2.43. The van der Waals surface area contributed by atoms with Crippen molar-refractivity contribution in [1.29, 1.82) is 0 Å². The average Bonchev–Trinajstić information content (AvgIpc) is 2.20. The summed E-state index contributed by atoms with van der Waals surface area (Å²) < 4.78 is 0. The summed E-state index contributed by atoms with van der Waals surface area (Å²) in [5.74, 6) is -0.792. The van der Waals surface area contributed by atoms with E-state index in [1.807, 2.05) is 38.1 Å². The zero-order chi connectivity index (χ0) is 11.3.